The van der Waals surface area contributed by atoms with Crippen molar-refractivity contribution >= 4 is 23.6 Å². The SMILES string of the molecule is COc1cccc2c1OC(C)=C(C(=O)CC(c1ccc(F)cc1)C1C(=O)NC(=O)NC1=O)C2O. The number of urea groups is 1. The molecule has 0 radical (unpaired) electrons. The van der Waals surface area contributed by atoms with Gasteiger partial charge in [-0.25, -0.2) is 9.18 Å². The number of nitrogens with one attached hydrogen (secondary N) is 2. The number of allylic oxidation sites excluding steroid dienone is 1. The largest absolute Gasteiger partial charge is 0.493 e. The molecule has 2 aromatic rings. The van der Waals surface area contributed by atoms with E-state index in [-0.39, 0.29) is 17.1 Å². The van der Waals surface area contributed by atoms with E-state index in [1.54, 1.807) is 18.2 Å². The molecule has 0 saturated carbocycles. The van der Waals surface area contributed by atoms with Gasteiger partial charge in [0.05, 0.1) is 12.7 Å². The van der Waals surface area contributed by atoms with Gasteiger partial charge >= 0.3 is 6.03 Å². The first-order valence-electron chi connectivity index (χ1n) is 10.4. The first-order chi connectivity index (χ1) is 16.2. The summed E-state index contributed by atoms with van der Waals surface area (Å²) in [5, 5.41) is 15.0. The molecule has 176 valence electrons. The first kappa shape index (κ1) is 23.1. The number of amides is 4. The van der Waals surface area contributed by atoms with Crippen LogP contribution in [0.1, 0.15) is 36.5 Å². The molecule has 0 bridgehead atoms. The maximum Gasteiger partial charge on any atom is 0.328 e. The summed E-state index contributed by atoms with van der Waals surface area (Å²) < 4.78 is 24.6. The van der Waals surface area contributed by atoms with Gasteiger partial charge in [-0.2, -0.15) is 0 Å². The molecular weight excluding hydrogens is 447 g/mol. The Morgan fingerprint density at radius 2 is 1.76 bits per heavy atom. The highest BCUT2D eigenvalue weighted by Crippen LogP contribution is 2.44. The van der Waals surface area contributed by atoms with E-state index in [0.717, 1.165) is 12.1 Å². The van der Waals surface area contributed by atoms with Gasteiger partial charge in [-0.15, -0.1) is 0 Å². The van der Waals surface area contributed by atoms with Crippen molar-refractivity contribution in [2.24, 2.45) is 5.92 Å². The van der Waals surface area contributed by atoms with E-state index >= 15 is 0 Å². The van der Waals surface area contributed by atoms with Crippen molar-refractivity contribution in [3.63, 3.8) is 0 Å². The van der Waals surface area contributed by atoms with Crippen LogP contribution in [0.3, 0.4) is 0 Å². The third kappa shape index (κ3) is 4.15. The number of halogens is 1. The topological polar surface area (TPSA) is 131 Å². The fourth-order valence-corrected chi connectivity index (χ4v) is 4.27. The Bertz CT molecular complexity index is 1200. The number of hydrogen-bond acceptors (Lipinski definition) is 7. The van der Waals surface area contributed by atoms with Crippen molar-refractivity contribution in [2.45, 2.75) is 25.4 Å². The molecule has 1 saturated heterocycles. The number of aliphatic hydroxyl groups excluding tert-OH is 1. The third-order valence-electron chi connectivity index (χ3n) is 5.88. The summed E-state index contributed by atoms with van der Waals surface area (Å²) in [5.74, 6) is -4.54. The number of carbonyl (C=O) groups excluding carboxylic acids is 4. The predicted molar refractivity (Wildman–Crippen MR) is 115 cm³/mol. The molecule has 0 aliphatic carbocycles. The van der Waals surface area contributed by atoms with Crippen molar-refractivity contribution in [1.29, 1.82) is 0 Å². The highest BCUT2D eigenvalue weighted by Gasteiger charge is 2.43. The Morgan fingerprint density at radius 3 is 2.38 bits per heavy atom. The number of hydrogen-bond donors (Lipinski definition) is 3. The van der Waals surface area contributed by atoms with E-state index < -0.39 is 53.8 Å². The summed E-state index contributed by atoms with van der Waals surface area (Å²) in [6.07, 6.45) is -1.73. The van der Waals surface area contributed by atoms with E-state index in [2.05, 4.69) is 0 Å². The molecule has 0 spiro atoms. The van der Waals surface area contributed by atoms with Crippen molar-refractivity contribution in [2.75, 3.05) is 7.11 Å². The Morgan fingerprint density at radius 1 is 1.12 bits per heavy atom. The minimum atomic E-state index is -1.43. The van der Waals surface area contributed by atoms with E-state index in [9.17, 15) is 28.7 Å². The van der Waals surface area contributed by atoms with Crippen LogP contribution in [0.25, 0.3) is 0 Å². The third-order valence-corrected chi connectivity index (χ3v) is 5.88. The standard InChI is InChI=1S/C24H21FN2O7/c1-11-18(20(29)14-4-3-5-17(33-2)21(14)34-11)16(28)10-15(12-6-8-13(25)9-7-12)19-22(30)26-24(32)27-23(19)31/h3-9,15,19-20,29H,10H2,1-2H3,(H2,26,27,30,31,32). The van der Waals surface area contributed by atoms with Gasteiger partial charge in [0.2, 0.25) is 11.8 Å². The highest BCUT2D eigenvalue weighted by molar-refractivity contribution is 6.17. The zero-order valence-electron chi connectivity index (χ0n) is 18.3. The maximum atomic E-state index is 13.5. The van der Waals surface area contributed by atoms with Crippen LogP contribution in [0.2, 0.25) is 0 Å². The smallest absolute Gasteiger partial charge is 0.328 e. The lowest BCUT2D eigenvalue weighted by Crippen LogP contribution is -2.57. The number of barbiturate groups is 1. The molecule has 2 aliphatic heterocycles. The number of carbonyl (C=O) groups is 4. The fraction of sp³-hybridized carbons (Fsp3) is 0.250. The first-order valence-corrected chi connectivity index (χ1v) is 10.4. The van der Waals surface area contributed by atoms with E-state index in [0.29, 0.717) is 16.9 Å². The average Bonchev–Trinajstić information content (AvgIpc) is 2.78. The zero-order chi connectivity index (χ0) is 24.6. The Hall–Kier alpha value is -4.05. The molecule has 2 heterocycles. The van der Waals surface area contributed by atoms with Crippen LogP contribution in [0.5, 0.6) is 11.5 Å². The van der Waals surface area contributed by atoms with Crippen LogP contribution in [0.15, 0.2) is 53.8 Å². The molecule has 4 rings (SSSR count). The van der Waals surface area contributed by atoms with Crippen LogP contribution >= 0.6 is 0 Å². The van der Waals surface area contributed by atoms with Crippen molar-refractivity contribution in [3.05, 3.63) is 70.7 Å². The molecule has 9 nitrogen and oxygen atoms in total. The summed E-state index contributed by atoms with van der Waals surface area (Å²) in [6.45, 7) is 1.51. The number of ether oxygens (including phenoxy) is 2. The van der Waals surface area contributed by atoms with Crippen LogP contribution in [0.4, 0.5) is 9.18 Å². The number of benzene rings is 2. The molecule has 2 unspecified atom stereocenters. The van der Waals surface area contributed by atoms with Crippen LogP contribution in [-0.4, -0.2) is 35.8 Å². The number of fused-ring (bicyclic) bond motifs is 1. The average molecular weight is 468 g/mol. The molecular formula is C24H21FN2O7. The van der Waals surface area contributed by atoms with Gasteiger partial charge in [0.25, 0.3) is 0 Å². The van der Waals surface area contributed by atoms with Gasteiger partial charge in [-0.1, -0.05) is 24.3 Å². The lowest BCUT2D eigenvalue weighted by atomic mass is 9.78. The zero-order valence-corrected chi connectivity index (χ0v) is 18.3. The molecule has 0 aromatic heterocycles. The minimum Gasteiger partial charge on any atom is -0.493 e. The number of methoxy groups -OCH3 is 1. The number of rotatable bonds is 6. The van der Waals surface area contributed by atoms with Crippen molar-refractivity contribution < 1.29 is 38.1 Å². The number of imide groups is 2. The molecule has 2 aromatic carbocycles. The second-order valence-corrected chi connectivity index (χ2v) is 7.92. The molecule has 3 N–H and O–H groups in total. The Balaban J connectivity index is 1.70. The summed E-state index contributed by atoms with van der Waals surface area (Å²) in [7, 11) is 1.45. The van der Waals surface area contributed by atoms with Gasteiger partial charge < -0.3 is 14.6 Å². The molecule has 10 heteroatoms. The lowest BCUT2D eigenvalue weighted by molar-refractivity contribution is -0.137. The normalized spacial score (nSPS) is 19.1. The molecule has 34 heavy (non-hydrogen) atoms. The minimum absolute atomic E-state index is 0.0411. The molecule has 1 fully saturated rings. The number of para-hydroxylation sites is 1. The Kier molecular flexibility index (Phi) is 6.16. The van der Waals surface area contributed by atoms with Gasteiger partial charge in [0.15, 0.2) is 17.3 Å². The predicted octanol–water partition coefficient (Wildman–Crippen LogP) is 2.26. The Labute approximate surface area is 193 Å². The molecule has 2 atom stereocenters. The second kappa shape index (κ2) is 9.06. The highest BCUT2D eigenvalue weighted by atomic mass is 19.1. The second-order valence-electron chi connectivity index (χ2n) is 7.92. The quantitative estimate of drug-likeness (QED) is 0.554. The van der Waals surface area contributed by atoms with E-state index in [1.807, 2.05) is 10.6 Å². The van der Waals surface area contributed by atoms with Crippen LogP contribution < -0.4 is 20.1 Å². The maximum absolute atomic E-state index is 13.5. The summed E-state index contributed by atoms with van der Waals surface area (Å²) in [4.78, 5) is 50.0. The van der Waals surface area contributed by atoms with Gasteiger partial charge in [-0.05, 0) is 30.7 Å². The molecule has 4 amide bonds. The molecule has 2 aliphatic rings. The summed E-state index contributed by atoms with van der Waals surface area (Å²) in [6, 6.07) is 8.92. The van der Waals surface area contributed by atoms with Gasteiger partial charge in [0, 0.05) is 17.9 Å². The summed E-state index contributed by atoms with van der Waals surface area (Å²) >= 11 is 0. The van der Waals surface area contributed by atoms with E-state index in [4.69, 9.17) is 9.47 Å². The number of aliphatic hydroxyl groups is 1. The van der Waals surface area contributed by atoms with E-state index in [1.165, 1.54) is 26.2 Å². The van der Waals surface area contributed by atoms with Crippen LogP contribution in [-0.2, 0) is 14.4 Å². The monoisotopic (exact) mass is 468 g/mol. The van der Waals surface area contributed by atoms with Gasteiger partial charge in [-0.3, -0.25) is 25.0 Å². The van der Waals surface area contributed by atoms with Crippen LogP contribution in [0, 0.1) is 11.7 Å². The summed E-state index contributed by atoms with van der Waals surface area (Å²) in [5.41, 5.74) is 0.622. The lowest BCUT2D eigenvalue weighted by Gasteiger charge is -2.30. The fourth-order valence-electron chi connectivity index (χ4n) is 4.27. The van der Waals surface area contributed by atoms with Gasteiger partial charge in [0.1, 0.15) is 23.6 Å². The van der Waals surface area contributed by atoms with Crippen molar-refractivity contribution in [3.8, 4) is 11.5 Å². The number of Topliss-reactive ketones (excluding diaryl/α,β-unsaturated/α-hetero) is 1. The van der Waals surface area contributed by atoms with Crippen molar-refractivity contribution in [1.82, 2.24) is 10.6 Å². The number of ketones is 1.